The summed E-state index contributed by atoms with van der Waals surface area (Å²) < 4.78 is 13.7. The van der Waals surface area contributed by atoms with Crippen LogP contribution < -0.4 is 5.32 Å². The van der Waals surface area contributed by atoms with Crippen molar-refractivity contribution in [3.8, 4) is 0 Å². The van der Waals surface area contributed by atoms with Crippen molar-refractivity contribution in [2.75, 3.05) is 26.2 Å². The third-order valence-corrected chi connectivity index (χ3v) is 5.43. The fraction of sp³-hybridized carbons (Fsp3) is 0.556. The number of hydrogen-bond acceptors (Lipinski definition) is 2. The molecule has 2 aliphatic rings. The van der Waals surface area contributed by atoms with Crippen LogP contribution in [-0.2, 0) is 0 Å². The summed E-state index contributed by atoms with van der Waals surface area (Å²) in [6.07, 6.45) is 7.22. The number of aromatic amines is 1. The molecule has 4 rings (SSSR count). The van der Waals surface area contributed by atoms with Gasteiger partial charge < -0.3 is 10.3 Å². The number of H-pyrrole nitrogens is 1. The van der Waals surface area contributed by atoms with Gasteiger partial charge in [-0.15, -0.1) is 0 Å². The van der Waals surface area contributed by atoms with Gasteiger partial charge in [0.25, 0.3) is 0 Å². The first-order chi connectivity index (χ1) is 10.8. The number of hydrogen-bond donors (Lipinski definition) is 2. The van der Waals surface area contributed by atoms with Gasteiger partial charge in [-0.2, -0.15) is 0 Å². The van der Waals surface area contributed by atoms with E-state index in [0.29, 0.717) is 12.0 Å². The van der Waals surface area contributed by atoms with Gasteiger partial charge in [0.1, 0.15) is 5.82 Å². The minimum Gasteiger partial charge on any atom is -0.361 e. The second-order valence-electron chi connectivity index (χ2n) is 6.68. The Morgan fingerprint density at radius 1 is 1.09 bits per heavy atom. The minimum absolute atomic E-state index is 0.136. The van der Waals surface area contributed by atoms with Gasteiger partial charge in [-0.05, 0) is 36.6 Å². The zero-order valence-electron chi connectivity index (χ0n) is 12.9. The molecule has 1 saturated heterocycles. The number of rotatable bonds is 2. The monoisotopic (exact) mass is 301 g/mol. The number of piperazine rings is 1. The van der Waals surface area contributed by atoms with Gasteiger partial charge in [0.05, 0.1) is 0 Å². The highest BCUT2D eigenvalue weighted by atomic mass is 19.1. The summed E-state index contributed by atoms with van der Waals surface area (Å²) in [7, 11) is 0. The van der Waals surface area contributed by atoms with Crippen LogP contribution in [0.5, 0.6) is 0 Å². The average Bonchev–Trinajstić information content (AvgIpc) is 2.98. The minimum atomic E-state index is -0.136. The molecule has 0 spiro atoms. The van der Waals surface area contributed by atoms with E-state index in [1.54, 1.807) is 6.07 Å². The molecule has 1 aliphatic heterocycles. The smallest absolute Gasteiger partial charge is 0.123 e. The average molecular weight is 301 g/mol. The lowest BCUT2D eigenvalue weighted by molar-refractivity contribution is 0.121. The summed E-state index contributed by atoms with van der Waals surface area (Å²) in [5.41, 5.74) is 2.37. The fourth-order valence-corrected chi connectivity index (χ4v) is 4.35. The Hall–Kier alpha value is -1.39. The summed E-state index contributed by atoms with van der Waals surface area (Å²) >= 11 is 0. The summed E-state index contributed by atoms with van der Waals surface area (Å²) in [6.45, 7) is 4.45. The molecule has 0 amide bonds. The Morgan fingerprint density at radius 2 is 1.91 bits per heavy atom. The van der Waals surface area contributed by atoms with Crippen molar-refractivity contribution in [2.24, 2.45) is 0 Å². The topological polar surface area (TPSA) is 31.1 Å². The summed E-state index contributed by atoms with van der Waals surface area (Å²) in [4.78, 5) is 5.99. The van der Waals surface area contributed by atoms with Crippen molar-refractivity contribution in [2.45, 2.75) is 37.6 Å². The highest BCUT2D eigenvalue weighted by Gasteiger charge is 2.33. The zero-order valence-corrected chi connectivity index (χ0v) is 12.9. The summed E-state index contributed by atoms with van der Waals surface area (Å²) in [6, 6.07) is 5.71. The van der Waals surface area contributed by atoms with Crippen LogP contribution in [0.15, 0.2) is 24.4 Å². The third-order valence-electron chi connectivity index (χ3n) is 5.43. The van der Waals surface area contributed by atoms with E-state index in [1.165, 1.54) is 37.3 Å². The summed E-state index contributed by atoms with van der Waals surface area (Å²) in [5, 5.41) is 4.52. The molecular weight excluding hydrogens is 277 g/mol. The first-order valence-corrected chi connectivity index (χ1v) is 8.54. The van der Waals surface area contributed by atoms with E-state index in [4.69, 9.17) is 0 Å². The molecule has 2 heterocycles. The lowest BCUT2D eigenvalue weighted by Gasteiger charge is -2.42. The van der Waals surface area contributed by atoms with Gasteiger partial charge in [0.2, 0.25) is 0 Å². The molecule has 0 radical (unpaired) electrons. The van der Waals surface area contributed by atoms with Crippen LogP contribution in [0.2, 0.25) is 0 Å². The largest absolute Gasteiger partial charge is 0.361 e. The maximum Gasteiger partial charge on any atom is 0.123 e. The molecule has 22 heavy (non-hydrogen) atoms. The van der Waals surface area contributed by atoms with Crippen molar-refractivity contribution in [1.29, 1.82) is 0 Å². The van der Waals surface area contributed by atoms with Crippen LogP contribution >= 0.6 is 0 Å². The Balaban J connectivity index is 1.69. The lowest BCUT2D eigenvalue weighted by atomic mass is 9.79. The van der Waals surface area contributed by atoms with Gasteiger partial charge in [-0.1, -0.05) is 12.8 Å². The van der Waals surface area contributed by atoms with Crippen molar-refractivity contribution in [3.05, 3.63) is 35.8 Å². The molecule has 2 atom stereocenters. The molecule has 1 aromatic carbocycles. The van der Waals surface area contributed by atoms with Gasteiger partial charge in [-0.25, -0.2) is 4.39 Å². The molecule has 2 unspecified atom stereocenters. The molecule has 1 saturated carbocycles. The molecule has 0 bridgehead atoms. The third kappa shape index (κ3) is 2.55. The first kappa shape index (κ1) is 14.2. The fourth-order valence-electron chi connectivity index (χ4n) is 4.35. The maximum absolute atomic E-state index is 13.7. The number of halogens is 1. The zero-order chi connectivity index (χ0) is 14.9. The maximum atomic E-state index is 13.7. The SMILES string of the molecule is Fc1ccc2[nH]cc(C3CCCCC3N3CCNCC3)c2c1. The van der Waals surface area contributed by atoms with Crippen molar-refractivity contribution in [1.82, 2.24) is 15.2 Å². The Labute approximate surface area is 130 Å². The highest BCUT2D eigenvalue weighted by Crippen LogP contribution is 2.39. The van der Waals surface area contributed by atoms with E-state index in [2.05, 4.69) is 21.4 Å². The molecule has 118 valence electrons. The van der Waals surface area contributed by atoms with Gasteiger partial charge in [0, 0.05) is 55.2 Å². The second-order valence-corrected chi connectivity index (χ2v) is 6.68. The van der Waals surface area contributed by atoms with E-state index >= 15 is 0 Å². The van der Waals surface area contributed by atoms with Gasteiger partial charge >= 0.3 is 0 Å². The van der Waals surface area contributed by atoms with Gasteiger partial charge in [0.15, 0.2) is 0 Å². The lowest BCUT2D eigenvalue weighted by Crippen LogP contribution is -2.51. The molecule has 2 N–H and O–H groups in total. The predicted octanol–water partition coefficient (Wildman–Crippen LogP) is 3.24. The summed E-state index contributed by atoms with van der Waals surface area (Å²) in [5.74, 6) is 0.394. The van der Waals surface area contributed by atoms with E-state index in [9.17, 15) is 4.39 Å². The number of nitrogens with zero attached hydrogens (tertiary/aromatic N) is 1. The van der Waals surface area contributed by atoms with Crippen LogP contribution in [0.1, 0.15) is 37.2 Å². The van der Waals surface area contributed by atoms with E-state index < -0.39 is 0 Å². The van der Waals surface area contributed by atoms with Crippen LogP contribution in [0, 0.1) is 5.82 Å². The number of benzene rings is 1. The number of aromatic nitrogens is 1. The quantitative estimate of drug-likeness (QED) is 0.892. The molecule has 1 aliphatic carbocycles. The molecular formula is C18H24FN3. The van der Waals surface area contributed by atoms with Gasteiger partial charge in [-0.3, -0.25) is 4.90 Å². The predicted molar refractivity (Wildman–Crippen MR) is 87.7 cm³/mol. The van der Waals surface area contributed by atoms with Crippen LogP contribution in [-0.4, -0.2) is 42.1 Å². The van der Waals surface area contributed by atoms with Crippen LogP contribution in [0.25, 0.3) is 10.9 Å². The molecule has 2 aromatic rings. The first-order valence-electron chi connectivity index (χ1n) is 8.54. The normalized spacial score (nSPS) is 27.3. The highest BCUT2D eigenvalue weighted by molar-refractivity contribution is 5.83. The van der Waals surface area contributed by atoms with E-state index in [0.717, 1.165) is 37.1 Å². The molecule has 1 aromatic heterocycles. The van der Waals surface area contributed by atoms with E-state index in [1.807, 2.05) is 6.07 Å². The molecule has 3 nitrogen and oxygen atoms in total. The van der Waals surface area contributed by atoms with Crippen molar-refractivity contribution in [3.63, 3.8) is 0 Å². The number of fused-ring (bicyclic) bond motifs is 1. The van der Waals surface area contributed by atoms with E-state index in [-0.39, 0.29) is 5.82 Å². The van der Waals surface area contributed by atoms with Crippen molar-refractivity contribution >= 4 is 10.9 Å². The number of nitrogens with one attached hydrogen (secondary N) is 2. The standard InChI is InChI=1S/C18H24FN3/c19-13-5-6-17-15(11-13)16(12-21-17)14-3-1-2-4-18(14)22-9-7-20-8-10-22/h5-6,11-12,14,18,20-21H,1-4,7-10H2. The van der Waals surface area contributed by atoms with Crippen LogP contribution in [0.3, 0.4) is 0 Å². The van der Waals surface area contributed by atoms with Crippen molar-refractivity contribution < 1.29 is 4.39 Å². The Kier molecular flexibility index (Phi) is 3.89. The molecule has 2 fully saturated rings. The second kappa shape index (κ2) is 6.01. The Bertz CT molecular complexity index is 645. The Morgan fingerprint density at radius 3 is 2.77 bits per heavy atom. The molecule has 4 heteroatoms. The van der Waals surface area contributed by atoms with Crippen LogP contribution in [0.4, 0.5) is 4.39 Å².